The van der Waals surface area contributed by atoms with Crippen LogP contribution in [0.1, 0.15) is 13.3 Å². The average molecular weight is 199 g/mol. The SMILES string of the molecule is CC(=O)CC(=O)On1c(O)ccc1O. The zero-order valence-corrected chi connectivity index (χ0v) is 7.43. The molecule has 0 bridgehead atoms. The zero-order valence-electron chi connectivity index (χ0n) is 7.43. The van der Waals surface area contributed by atoms with Gasteiger partial charge in [-0.15, -0.1) is 4.73 Å². The van der Waals surface area contributed by atoms with Crippen molar-refractivity contribution in [2.45, 2.75) is 13.3 Å². The Morgan fingerprint density at radius 1 is 1.36 bits per heavy atom. The van der Waals surface area contributed by atoms with Crippen LogP contribution in [0, 0.1) is 0 Å². The Morgan fingerprint density at radius 3 is 2.29 bits per heavy atom. The Bertz CT molecular complexity index is 348. The molecule has 6 nitrogen and oxygen atoms in total. The summed E-state index contributed by atoms with van der Waals surface area (Å²) in [5, 5.41) is 18.1. The molecule has 2 N–H and O–H groups in total. The van der Waals surface area contributed by atoms with Gasteiger partial charge in [-0.05, 0) is 6.92 Å². The first-order chi connectivity index (χ1) is 6.50. The number of aromatic hydroxyl groups is 2. The molecule has 0 radical (unpaired) electrons. The number of nitrogens with zero attached hydrogens (tertiary/aromatic N) is 1. The first-order valence-corrected chi connectivity index (χ1v) is 3.81. The third-order valence-electron chi connectivity index (χ3n) is 1.38. The van der Waals surface area contributed by atoms with Crippen LogP contribution in [0.5, 0.6) is 11.8 Å². The van der Waals surface area contributed by atoms with Crippen molar-refractivity contribution in [2.24, 2.45) is 0 Å². The van der Waals surface area contributed by atoms with Crippen LogP contribution in [0.15, 0.2) is 12.1 Å². The van der Waals surface area contributed by atoms with Crippen molar-refractivity contribution in [3.8, 4) is 11.8 Å². The number of hydrogen-bond donors (Lipinski definition) is 2. The molecular weight excluding hydrogens is 190 g/mol. The van der Waals surface area contributed by atoms with E-state index in [9.17, 15) is 9.59 Å². The third kappa shape index (κ3) is 2.25. The predicted octanol–water partition coefficient (Wildman–Crippen LogP) is -0.166. The van der Waals surface area contributed by atoms with Crippen molar-refractivity contribution in [2.75, 3.05) is 0 Å². The number of rotatable bonds is 3. The Kier molecular flexibility index (Phi) is 2.76. The summed E-state index contributed by atoms with van der Waals surface area (Å²) in [4.78, 5) is 25.9. The van der Waals surface area contributed by atoms with Crippen molar-refractivity contribution in [1.29, 1.82) is 0 Å². The molecular formula is C8H9NO5. The normalized spacial score (nSPS) is 9.79. The molecule has 1 rings (SSSR count). The second kappa shape index (κ2) is 3.82. The summed E-state index contributed by atoms with van der Waals surface area (Å²) in [5.41, 5.74) is 0. The fourth-order valence-electron chi connectivity index (χ4n) is 0.833. The number of carbonyl (C=O) groups is 2. The van der Waals surface area contributed by atoms with Crippen molar-refractivity contribution in [1.82, 2.24) is 4.73 Å². The van der Waals surface area contributed by atoms with Gasteiger partial charge in [0.05, 0.1) is 0 Å². The summed E-state index contributed by atoms with van der Waals surface area (Å²) in [7, 11) is 0. The van der Waals surface area contributed by atoms with E-state index in [-0.39, 0.29) is 5.78 Å². The minimum Gasteiger partial charge on any atom is -0.492 e. The highest BCUT2D eigenvalue weighted by molar-refractivity contribution is 5.94. The van der Waals surface area contributed by atoms with Gasteiger partial charge in [0, 0.05) is 12.1 Å². The van der Waals surface area contributed by atoms with Crippen LogP contribution in [0.2, 0.25) is 0 Å². The summed E-state index contributed by atoms with van der Waals surface area (Å²) in [6, 6.07) is 2.30. The van der Waals surface area contributed by atoms with Crippen LogP contribution >= 0.6 is 0 Å². The molecule has 0 saturated carbocycles. The lowest BCUT2D eigenvalue weighted by Crippen LogP contribution is -2.20. The van der Waals surface area contributed by atoms with Crippen molar-refractivity contribution < 1.29 is 24.6 Å². The Hall–Kier alpha value is -1.98. The average Bonchev–Trinajstić information content (AvgIpc) is 2.34. The highest BCUT2D eigenvalue weighted by atomic mass is 16.7. The number of hydrogen-bond acceptors (Lipinski definition) is 5. The van der Waals surface area contributed by atoms with Crippen LogP contribution in [0.25, 0.3) is 0 Å². The van der Waals surface area contributed by atoms with E-state index in [1.54, 1.807) is 0 Å². The predicted molar refractivity (Wildman–Crippen MR) is 44.6 cm³/mol. The molecule has 6 heteroatoms. The lowest BCUT2D eigenvalue weighted by molar-refractivity contribution is -0.147. The summed E-state index contributed by atoms with van der Waals surface area (Å²) >= 11 is 0. The summed E-state index contributed by atoms with van der Waals surface area (Å²) in [6.07, 6.45) is -0.406. The van der Waals surface area contributed by atoms with Crippen LogP contribution in [-0.2, 0) is 9.59 Å². The number of ketones is 1. The van der Waals surface area contributed by atoms with Crippen molar-refractivity contribution >= 4 is 11.8 Å². The van der Waals surface area contributed by atoms with Crippen LogP contribution in [0.4, 0.5) is 0 Å². The van der Waals surface area contributed by atoms with E-state index in [4.69, 9.17) is 10.2 Å². The molecule has 1 aromatic rings. The number of carbonyl (C=O) groups excluding carboxylic acids is 2. The second-order valence-electron chi connectivity index (χ2n) is 2.69. The molecule has 0 atom stereocenters. The molecule has 0 spiro atoms. The second-order valence-corrected chi connectivity index (χ2v) is 2.69. The Morgan fingerprint density at radius 2 is 1.86 bits per heavy atom. The minimum absolute atomic E-state index is 0.360. The first-order valence-electron chi connectivity index (χ1n) is 3.81. The maximum atomic E-state index is 10.9. The lowest BCUT2D eigenvalue weighted by Gasteiger charge is -2.05. The summed E-state index contributed by atoms with van der Waals surface area (Å²) in [6.45, 7) is 1.23. The van der Waals surface area contributed by atoms with Crippen LogP contribution < -0.4 is 4.84 Å². The fraction of sp³-hybridized carbons (Fsp3) is 0.250. The number of aromatic nitrogens is 1. The molecule has 1 aromatic heterocycles. The Labute approximate surface area is 79.3 Å². The highest BCUT2D eigenvalue weighted by Gasteiger charge is 2.13. The smallest absolute Gasteiger partial charge is 0.340 e. The van der Waals surface area contributed by atoms with E-state index in [0.29, 0.717) is 4.73 Å². The van der Waals surface area contributed by atoms with Gasteiger partial charge in [0.25, 0.3) is 0 Å². The van der Waals surface area contributed by atoms with Crippen LogP contribution in [0.3, 0.4) is 0 Å². The molecule has 0 unspecified atom stereocenters. The number of Topliss-reactive ketones (excluding diaryl/α,β-unsaturated/α-hetero) is 1. The van der Waals surface area contributed by atoms with Crippen molar-refractivity contribution in [3.05, 3.63) is 12.1 Å². The van der Waals surface area contributed by atoms with Gasteiger partial charge in [0.2, 0.25) is 11.8 Å². The van der Waals surface area contributed by atoms with Gasteiger partial charge >= 0.3 is 5.97 Å². The molecule has 1 heterocycles. The monoisotopic (exact) mass is 199 g/mol. The van der Waals surface area contributed by atoms with Gasteiger partial charge in [0.1, 0.15) is 12.2 Å². The molecule has 0 aliphatic carbocycles. The maximum absolute atomic E-state index is 10.9. The fourth-order valence-corrected chi connectivity index (χ4v) is 0.833. The van der Waals surface area contributed by atoms with E-state index in [1.165, 1.54) is 6.92 Å². The first kappa shape index (κ1) is 10.1. The lowest BCUT2D eigenvalue weighted by atomic mass is 10.3. The topological polar surface area (TPSA) is 88.8 Å². The largest absolute Gasteiger partial charge is 0.492 e. The van der Waals surface area contributed by atoms with Gasteiger partial charge in [-0.3, -0.25) is 4.79 Å². The molecule has 0 aliphatic rings. The summed E-state index contributed by atoms with van der Waals surface area (Å²) < 4.78 is 0.533. The molecule has 0 aliphatic heterocycles. The molecule has 14 heavy (non-hydrogen) atoms. The zero-order chi connectivity index (χ0) is 10.7. The molecule has 0 amide bonds. The molecule has 76 valence electrons. The van der Waals surface area contributed by atoms with E-state index < -0.39 is 24.2 Å². The van der Waals surface area contributed by atoms with E-state index in [0.717, 1.165) is 12.1 Å². The third-order valence-corrected chi connectivity index (χ3v) is 1.38. The van der Waals surface area contributed by atoms with E-state index in [1.807, 2.05) is 0 Å². The highest BCUT2D eigenvalue weighted by Crippen LogP contribution is 2.18. The quantitative estimate of drug-likeness (QED) is 0.660. The molecule has 0 aromatic carbocycles. The maximum Gasteiger partial charge on any atom is 0.340 e. The molecule has 0 saturated heterocycles. The Balaban J connectivity index is 2.69. The van der Waals surface area contributed by atoms with Crippen LogP contribution in [-0.4, -0.2) is 26.7 Å². The van der Waals surface area contributed by atoms with Crippen molar-refractivity contribution in [3.63, 3.8) is 0 Å². The van der Waals surface area contributed by atoms with E-state index in [2.05, 4.69) is 4.84 Å². The van der Waals surface area contributed by atoms with Gasteiger partial charge < -0.3 is 15.1 Å². The van der Waals surface area contributed by atoms with Gasteiger partial charge in [0.15, 0.2) is 0 Å². The summed E-state index contributed by atoms with van der Waals surface area (Å²) in [5.74, 6) is -2.04. The van der Waals surface area contributed by atoms with Gasteiger partial charge in [-0.25, -0.2) is 4.79 Å². The van der Waals surface area contributed by atoms with E-state index >= 15 is 0 Å². The standard InChI is InChI=1S/C8H9NO5/c1-5(10)4-8(13)14-9-6(11)2-3-7(9)12/h2-3,11-12H,4H2,1H3. The molecule has 0 fully saturated rings. The van der Waals surface area contributed by atoms with Gasteiger partial charge in [-0.2, -0.15) is 0 Å². The van der Waals surface area contributed by atoms with Gasteiger partial charge in [-0.1, -0.05) is 0 Å². The minimum atomic E-state index is -0.848.